The third kappa shape index (κ3) is 2.86. The Labute approximate surface area is 88.3 Å². The van der Waals surface area contributed by atoms with E-state index in [0.29, 0.717) is 5.69 Å². The molecule has 1 aromatic heterocycles. The first-order valence-corrected chi connectivity index (χ1v) is 4.77. The first kappa shape index (κ1) is 10.7. The van der Waals surface area contributed by atoms with Crippen LogP contribution in [0, 0.1) is 11.8 Å². The molecule has 1 heterocycles. The maximum Gasteiger partial charge on any atom is 0.354 e. The highest BCUT2D eigenvalue weighted by molar-refractivity contribution is 7.80. The SMILES string of the molecule is COC(=O)c1cc(C#CCCS)c[nH]1. The molecule has 74 valence electrons. The van der Waals surface area contributed by atoms with Gasteiger partial charge >= 0.3 is 5.97 Å². The molecule has 4 heteroatoms. The van der Waals surface area contributed by atoms with Crippen molar-refractivity contribution in [2.24, 2.45) is 0 Å². The minimum absolute atomic E-state index is 0.382. The molecule has 1 aromatic rings. The standard InChI is InChI=1S/C10H11NO2S/c1-13-10(12)9-6-8(7-11-9)4-2-3-5-14/h6-7,11,14H,3,5H2,1H3. The Morgan fingerprint density at radius 3 is 3.14 bits per heavy atom. The van der Waals surface area contributed by atoms with Crippen LogP contribution < -0.4 is 0 Å². The summed E-state index contributed by atoms with van der Waals surface area (Å²) in [6, 6.07) is 1.66. The fourth-order valence-corrected chi connectivity index (χ4v) is 1.03. The number of aromatic amines is 1. The van der Waals surface area contributed by atoms with E-state index in [-0.39, 0.29) is 5.97 Å². The lowest BCUT2D eigenvalue weighted by molar-refractivity contribution is 0.0595. The van der Waals surface area contributed by atoms with E-state index in [1.54, 1.807) is 12.3 Å². The summed E-state index contributed by atoms with van der Waals surface area (Å²) in [5.41, 5.74) is 1.20. The highest BCUT2D eigenvalue weighted by atomic mass is 32.1. The smallest absolute Gasteiger partial charge is 0.354 e. The zero-order chi connectivity index (χ0) is 10.4. The van der Waals surface area contributed by atoms with Crippen molar-refractivity contribution < 1.29 is 9.53 Å². The van der Waals surface area contributed by atoms with Crippen LogP contribution in [0.3, 0.4) is 0 Å². The number of thiol groups is 1. The van der Waals surface area contributed by atoms with Crippen molar-refractivity contribution in [3.8, 4) is 11.8 Å². The van der Waals surface area contributed by atoms with E-state index >= 15 is 0 Å². The summed E-state index contributed by atoms with van der Waals surface area (Å²) >= 11 is 4.04. The van der Waals surface area contributed by atoms with Crippen molar-refractivity contribution in [1.29, 1.82) is 0 Å². The van der Waals surface area contributed by atoms with Crippen LogP contribution in [0.25, 0.3) is 0 Å². The maximum atomic E-state index is 11.0. The average Bonchev–Trinajstić information content (AvgIpc) is 2.66. The molecule has 0 fully saturated rings. The lowest BCUT2D eigenvalue weighted by Crippen LogP contribution is -2.00. The van der Waals surface area contributed by atoms with Gasteiger partial charge in [-0.3, -0.25) is 0 Å². The van der Waals surface area contributed by atoms with Gasteiger partial charge < -0.3 is 9.72 Å². The Balaban J connectivity index is 2.70. The normalized spacial score (nSPS) is 9.00. The van der Waals surface area contributed by atoms with Gasteiger partial charge in [-0.25, -0.2) is 4.79 Å². The van der Waals surface area contributed by atoms with E-state index in [1.807, 2.05) is 0 Å². The second-order valence-electron chi connectivity index (χ2n) is 2.57. The van der Waals surface area contributed by atoms with Crippen molar-refractivity contribution in [1.82, 2.24) is 4.98 Å². The Morgan fingerprint density at radius 2 is 2.50 bits per heavy atom. The van der Waals surface area contributed by atoms with Gasteiger partial charge in [0.25, 0.3) is 0 Å². The molecule has 0 spiro atoms. The lowest BCUT2D eigenvalue weighted by Gasteiger charge is -1.91. The van der Waals surface area contributed by atoms with Gasteiger partial charge in [0.15, 0.2) is 0 Å². The van der Waals surface area contributed by atoms with Crippen LogP contribution in [0.15, 0.2) is 12.3 Å². The van der Waals surface area contributed by atoms with Crippen LogP contribution in [0.2, 0.25) is 0 Å². The highest BCUT2D eigenvalue weighted by Gasteiger charge is 2.06. The number of rotatable bonds is 2. The molecule has 1 N–H and O–H groups in total. The van der Waals surface area contributed by atoms with Crippen LogP contribution in [0.5, 0.6) is 0 Å². The maximum absolute atomic E-state index is 11.0. The zero-order valence-corrected chi connectivity index (χ0v) is 8.73. The second kappa shape index (κ2) is 5.40. The number of esters is 1. The fraction of sp³-hybridized carbons (Fsp3) is 0.300. The van der Waals surface area contributed by atoms with Gasteiger partial charge in [0.2, 0.25) is 0 Å². The van der Waals surface area contributed by atoms with Crippen LogP contribution in [-0.2, 0) is 4.74 Å². The van der Waals surface area contributed by atoms with Crippen LogP contribution >= 0.6 is 12.6 Å². The lowest BCUT2D eigenvalue weighted by atomic mass is 10.3. The Kier molecular flexibility index (Phi) is 4.14. The number of ether oxygens (including phenoxy) is 1. The molecule has 0 bridgehead atoms. The molecule has 0 saturated carbocycles. The molecule has 14 heavy (non-hydrogen) atoms. The third-order valence-electron chi connectivity index (χ3n) is 1.56. The fourth-order valence-electron chi connectivity index (χ4n) is 0.915. The molecular formula is C10H11NO2S. The van der Waals surface area contributed by atoms with Crippen LogP contribution in [0.4, 0.5) is 0 Å². The molecule has 0 aliphatic rings. The molecular weight excluding hydrogens is 198 g/mol. The van der Waals surface area contributed by atoms with Gasteiger partial charge in [0.1, 0.15) is 5.69 Å². The number of hydrogen-bond donors (Lipinski definition) is 2. The number of methoxy groups -OCH3 is 1. The predicted octanol–water partition coefficient (Wildman–Crippen LogP) is 1.47. The molecule has 0 radical (unpaired) electrons. The van der Waals surface area contributed by atoms with Gasteiger partial charge in [-0.15, -0.1) is 0 Å². The molecule has 1 rings (SSSR count). The van der Waals surface area contributed by atoms with Crippen LogP contribution in [0.1, 0.15) is 22.5 Å². The summed E-state index contributed by atoms with van der Waals surface area (Å²) in [7, 11) is 1.34. The van der Waals surface area contributed by atoms with Crippen molar-refractivity contribution in [3.63, 3.8) is 0 Å². The first-order valence-electron chi connectivity index (χ1n) is 4.14. The summed E-state index contributed by atoms with van der Waals surface area (Å²) in [6.45, 7) is 0. The van der Waals surface area contributed by atoms with E-state index in [9.17, 15) is 4.79 Å². The monoisotopic (exact) mass is 209 g/mol. The van der Waals surface area contributed by atoms with Gasteiger partial charge in [0, 0.05) is 23.9 Å². The van der Waals surface area contributed by atoms with Crippen molar-refractivity contribution in [3.05, 3.63) is 23.5 Å². The Hall–Kier alpha value is -1.34. The highest BCUT2D eigenvalue weighted by Crippen LogP contribution is 2.03. The Morgan fingerprint density at radius 1 is 1.71 bits per heavy atom. The quantitative estimate of drug-likeness (QED) is 0.440. The second-order valence-corrected chi connectivity index (χ2v) is 3.02. The topological polar surface area (TPSA) is 42.1 Å². The van der Waals surface area contributed by atoms with E-state index in [2.05, 4.69) is 34.2 Å². The molecule has 0 atom stereocenters. The summed E-state index contributed by atoms with van der Waals surface area (Å²) in [5, 5.41) is 0. The molecule has 3 nitrogen and oxygen atoms in total. The number of nitrogens with one attached hydrogen (secondary N) is 1. The summed E-state index contributed by atoms with van der Waals surface area (Å²) in [4.78, 5) is 13.8. The number of carbonyl (C=O) groups excluding carboxylic acids is 1. The number of aromatic nitrogens is 1. The summed E-state index contributed by atoms with van der Waals surface area (Å²) in [6.07, 6.45) is 2.42. The molecule has 0 aliphatic heterocycles. The van der Waals surface area contributed by atoms with Gasteiger partial charge in [0.05, 0.1) is 7.11 Å². The predicted molar refractivity (Wildman–Crippen MR) is 57.5 cm³/mol. The average molecular weight is 209 g/mol. The van der Waals surface area contributed by atoms with E-state index < -0.39 is 0 Å². The van der Waals surface area contributed by atoms with E-state index in [4.69, 9.17) is 0 Å². The van der Waals surface area contributed by atoms with Crippen molar-refractivity contribution in [2.75, 3.05) is 12.9 Å². The largest absolute Gasteiger partial charge is 0.464 e. The number of H-pyrrole nitrogens is 1. The zero-order valence-electron chi connectivity index (χ0n) is 7.83. The molecule has 0 saturated heterocycles. The summed E-state index contributed by atoms with van der Waals surface area (Å²) in [5.74, 6) is 6.19. The molecule has 0 aromatic carbocycles. The third-order valence-corrected chi connectivity index (χ3v) is 1.78. The van der Waals surface area contributed by atoms with Gasteiger partial charge in [-0.2, -0.15) is 12.6 Å². The Bertz CT molecular complexity index is 373. The van der Waals surface area contributed by atoms with Crippen LogP contribution in [-0.4, -0.2) is 23.8 Å². The molecule has 0 amide bonds. The molecule has 0 aliphatic carbocycles. The molecule has 0 unspecified atom stereocenters. The van der Waals surface area contributed by atoms with Crippen molar-refractivity contribution in [2.45, 2.75) is 6.42 Å². The first-order chi connectivity index (χ1) is 6.77. The minimum Gasteiger partial charge on any atom is -0.464 e. The van der Waals surface area contributed by atoms with E-state index in [0.717, 1.165) is 17.7 Å². The summed E-state index contributed by atoms with van der Waals surface area (Å²) < 4.78 is 4.54. The minimum atomic E-state index is -0.382. The number of carbonyl (C=O) groups is 1. The number of hydrogen-bond acceptors (Lipinski definition) is 3. The van der Waals surface area contributed by atoms with E-state index in [1.165, 1.54) is 7.11 Å². The van der Waals surface area contributed by atoms with Gasteiger partial charge in [-0.05, 0) is 6.07 Å². The van der Waals surface area contributed by atoms with Gasteiger partial charge in [-0.1, -0.05) is 11.8 Å². The van der Waals surface area contributed by atoms with Crippen molar-refractivity contribution >= 4 is 18.6 Å².